The zero-order valence-electron chi connectivity index (χ0n) is 11.6. The normalized spacial score (nSPS) is 17.5. The van der Waals surface area contributed by atoms with Crippen LogP contribution in [0, 0.1) is 5.41 Å². The Morgan fingerprint density at radius 1 is 1.32 bits per heavy atom. The summed E-state index contributed by atoms with van der Waals surface area (Å²) in [6, 6.07) is -0.600. The van der Waals surface area contributed by atoms with Crippen molar-refractivity contribution in [1.82, 2.24) is 10.0 Å². The predicted molar refractivity (Wildman–Crippen MR) is 77.6 cm³/mol. The van der Waals surface area contributed by atoms with Gasteiger partial charge in [-0.1, -0.05) is 20.8 Å². The fourth-order valence-electron chi connectivity index (χ4n) is 1.38. The Morgan fingerprint density at radius 3 is 2.26 bits per heavy atom. The van der Waals surface area contributed by atoms with Crippen LogP contribution in [0.5, 0.6) is 0 Å². The van der Waals surface area contributed by atoms with E-state index in [1.165, 1.54) is 0 Å². The Balaban J connectivity index is 0.00000324. The molecular formula is C11H24ClN3O3S. The summed E-state index contributed by atoms with van der Waals surface area (Å²) in [5.41, 5.74) is 5.46. The highest BCUT2D eigenvalue weighted by atomic mass is 35.5. The van der Waals surface area contributed by atoms with Crippen molar-refractivity contribution in [3.05, 3.63) is 0 Å². The summed E-state index contributed by atoms with van der Waals surface area (Å²) >= 11 is 0. The molecule has 114 valence electrons. The first kappa shape index (κ1) is 18.6. The van der Waals surface area contributed by atoms with E-state index in [4.69, 9.17) is 5.73 Å². The SMILES string of the molecule is CC(C)(C)[C@H](N)C(=O)NCCNS(=O)(=O)C1CC1.Cl. The van der Waals surface area contributed by atoms with E-state index < -0.39 is 16.1 Å². The summed E-state index contributed by atoms with van der Waals surface area (Å²) in [6.07, 6.45) is 1.47. The number of hydrogen-bond donors (Lipinski definition) is 3. The molecule has 19 heavy (non-hydrogen) atoms. The molecule has 1 aliphatic rings. The number of hydrogen-bond acceptors (Lipinski definition) is 4. The molecule has 1 amide bonds. The van der Waals surface area contributed by atoms with Crippen LogP contribution in [0.2, 0.25) is 0 Å². The first-order valence-corrected chi connectivity index (χ1v) is 7.71. The Hall–Kier alpha value is -0.370. The lowest BCUT2D eigenvalue weighted by molar-refractivity contribution is -0.124. The van der Waals surface area contributed by atoms with Crippen molar-refractivity contribution in [2.45, 2.75) is 44.9 Å². The number of sulfonamides is 1. The predicted octanol–water partition coefficient (Wildman–Crippen LogP) is -0.0204. The molecule has 1 rings (SSSR count). The second kappa shape index (κ2) is 6.88. The molecule has 0 aromatic heterocycles. The molecule has 1 atom stereocenters. The van der Waals surface area contributed by atoms with Crippen molar-refractivity contribution in [2.24, 2.45) is 11.1 Å². The van der Waals surface area contributed by atoms with E-state index >= 15 is 0 Å². The van der Waals surface area contributed by atoms with Crippen molar-refractivity contribution in [3.63, 3.8) is 0 Å². The lowest BCUT2D eigenvalue weighted by atomic mass is 9.87. The molecule has 1 fully saturated rings. The number of nitrogens with two attached hydrogens (primary N) is 1. The fraction of sp³-hybridized carbons (Fsp3) is 0.909. The quantitative estimate of drug-likeness (QED) is 0.600. The summed E-state index contributed by atoms with van der Waals surface area (Å²) in [5, 5.41) is 2.40. The molecule has 4 N–H and O–H groups in total. The molecule has 0 spiro atoms. The van der Waals surface area contributed by atoms with E-state index in [1.807, 2.05) is 20.8 Å². The van der Waals surface area contributed by atoms with Gasteiger partial charge in [-0.15, -0.1) is 12.4 Å². The average Bonchev–Trinajstić information content (AvgIpc) is 3.05. The molecule has 0 aromatic carbocycles. The molecule has 0 heterocycles. The van der Waals surface area contributed by atoms with Gasteiger partial charge in [0.25, 0.3) is 0 Å². The van der Waals surface area contributed by atoms with Crippen LogP contribution in [-0.4, -0.2) is 38.7 Å². The molecule has 8 heteroatoms. The van der Waals surface area contributed by atoms with Crippen LogP contribution in [0.25, 0.3) is 0 Å². The Bertz CT molecular complexity index is 402. The highest BCUT2D eigenvalue weighted by Crippen LogP contribution is 2.27. The van der Waals surface area contributed by atoms with Gasteiger partial charge in [0, 0.05) is 13.1 Å². The summed E-state index contributed by atoms with van der Waals surface area (Å²) in [4.78, 5) is 11.6. The lowest BCUT2D eigenvalue weighted by Gasteiger charge is -2.25. The van der Waals surface area contributed by atoms with E-state index in [9.17, 15) is 13.2 Å². The van der Waals surface area contributed by atoms with Crippen molar-refractivity contribution < 1.29 is 13.2 Å². The van der Waals surface area contributed by atoms with Gasteiger partial charge in [0.15, 0.2) is 0 Å². The maximum Gasteiger partial charge on any atom is 0.237 e. The third kappa shape index (κ3) is 6.07. The number of halogens is 1. The van der Waals surface area contributed by atoms with Crippen molar-refractivity contribution in [2.75, 3.05) is 13.1 Å². The average molecular weight is 314 g/mol. The third-order valence-corrected chi connectivity index (χ3v) is 4.86. The molecule has 0 aliphatic heterocycles. The van der Waals surface area contributed by atoms with Crippen LogP contribution in [0.4, 0.5) is 0 Å². The van der Waals surface area contributed by atoms with Gasteiger partial charge < -0.3 is 11.1 Å². The number of nitrogens with one attached hydrogen (secondary N) is 2. The maximum atomic E-state index is 11.6. The van der Waals surface area contributed by atoms with E-state index in [-0.39, 0.29) is 42.1 Å². The first-order valence-electron chi connectivity index (χ1n) is 6.16. The molecule has 1 saturated carbocycles. The minimum Gasteiger partial charge on any atom is -0.353 e. The van der Waals surface area contributed by atoms with Crippen molar-refractivity contribution >= 4 is 28.3 Å². The molecule has 0 saturated heterocycles. The largest absolute Gasteiger partial charge is 0.353 e. The summed E-state index contributed by atoms with van der Waals surface area (Å²) in [6.45, 7) is 6.11. The van der Waals surface area contributed by atoms with Gasteiger partial charge in [-0.2, -0.15) is 0 Å². The fourth-order valence-corrected chi connectivity index (χ4v) is 2.76. The van der Waals surface area contributed by atoms with Gasteiger partial charge in [0.05, 0.1) is 11.3 Å². The molecule has 0 bridgehead atoms. The maximum absolute atomic E-state index is 11.6. The van der Waals surface area contributed by atoms with Gasteiger partial charge in [-0.05, 0) is 18.3 Å². The zero-order chi connectivity index (χ0) is 14.0. The Labute approximate surface area is 121 Å². The van der Waals surface area contributed by atoms with Crippen molar-refractivity contribution in [3.8, 4) is 0 Å². The van der Waals surface area contributed by atoms with Gasteiger partial charge in [0.1, 0.15) is 0 Å². The van der Waals surface area contributed by atoms with Crippen LogP contribution >= 0.6 is 12.4 Å². The van der Waals surface area contributed by atoms with Gasteiger partial charge >= 0.3 is 0 Å². The number of carbonyl (C=O) groups is 1. The topological polar surface area (TPSA) is 101 Å². The first-order chi connectivity index (χ1) is 8.14. The minimum absolute atomic E-state index is 0. The van der Waals surface area contributed by atoms with Crippen LogP contribution in [0.15, 0.2) is 0 Å². The minimum atomic E-state index is -3.17. The molecular weight excluding hydrogens is 290 g/mol. The molecule has 0 aromatic rings. The van der Waals surface area contributed by atoms with Crippen LogP contribution in [0.3, 0.4) is 0 Å². The summed E-state index contributed by atoms with van der Waals surface area (Å²) in [5.74, 6) is -0.256. The monoisotopic (exact) mass is 313 g/mol. The Morgan fingerprint density at radius 2 is 1.84 bits per heavy atom. The molecule has 0 unspecified atom stereocenters. The van der Waals surface area contributed by atoms with Gasteiger partial charge in [-0.25, -0.2) is 13.1 Å². The lowest BCUT2D eigenvalue weighted by Crippen LogP contribution is -2.50. The second-order valence-corrected chi connectivity index (χ2v) is 7.82. The summed E-state index contributed by atoms with van der Waals surface area (Å²) < 4.78 is 25.4. The number of carbonyl (C=O) groups excluding carboxylic acids is 1. The van der Waals surface area contributed by atoms with Crippen LogP contribution in [-0.2, 0) is 14.8 Å². The standard InChI is InChI=1S/C11H23N3O3S.ClH/c1-11(2,3)9(12)10(15)13-6-7-14-18(16,17)8-4-5-8;/h8-9,14H,4-7,12H2,1-3H3,(H,13,15);1H/t9-;/m1./s1. The molecule has 1 aliphatic carbocycles. The van der Waals surface area contributed by atoms with Crippen molar-refractivity contribution in [1.29, 1.82) is 0 Å². The smallest absolute Gasteiger partial charge is 0.237 e. The second-order valence-electron chi connectivity index (χ2n) is 5.77. The summed E-state index contributed by atoms with van der Waals surface area (Å²) in [7, 11) is -3.17. The van der Waals surface area contributed by atoms with E-state index in [0.717, 1.165) is 12.8 Å². The van der Waals surface area contributed by atoms with Gasteiger partial charge in [-0.3, -0.25) is 4.79 Å². The number of rotatable bonds is 6. The van der Waals surface area contributed by atoms with Crippen LogP contribution < -0.4 is 15.8 Å². The van der Waals surface area contributed by atoms with Gasteiger partial charge in [0.2, 0.25) is 15.9 Å². The van der Waals surface area contributed by atoms with Crippen LogP contribution in [0.1, 0.15) is 33.6 Å². The molecule has 6 nitrogen and oxygen atoms in total. The molecule has 0 radical (unpaired) electrons. The highest BCUT2D eigenvalue weighted by Gasteiger charge is 2.35. The van der Waals surface area contributed by atoms with E-state index in [1.54, 1.807) is 0 Å². The zero-order valence-corrected chi connectivity index (χ0v) is 13.2. The van der Waals surface area contributed by atoms with E-state index in [2.05, 4.69) is 10.0 Å². The number of amides is 1. The Kier molecular flexibility index (Phi) is 6.74. The highest BCUT2D eigenvalue weighted by molar-refractivity contribution is 7.90. The van der Waals surface area contributed by atoms with E-state index in [0.29, 0.717) is 0 Å². The third-order valence-electron chi connectivity index (χ3n) is 2.91.